The van der Waals surface area contributed by atoms with Crippen LogP contribution < -0.4 is 15.5 Å². The fraction of sp³-hybridized carbons (Fsp3) is 0.667. The molecule has 0 aliphatic carbocycles. The summed E-state index contributed by atoms with van der Waals surface area (Å²) in [5.74, 6) is 0.665. The Hall–Kier alpha value is -1.90. The second kappa shape index (κ2) is 13.3. The second-order valence-electron chi connectivity index (χ2n) is 7.38. The molecular formula is C21H37FN6O. The van der Waals surface area contributed by atoms with Gasteiger partial charge in [0.05, 0.1) is 0 Å². The molecule has 7 nitrogen and oxygen atoms in total. The van der Waals surface area contributed by atoms with Crippen LogP contribution in [0.15, 0.2) is 29.3 Å². The highest BCUT2D eigenvalue weighted by atomic mass is 19.1. The largest absolute Gasteiger partial charge is 0.385 e. The number of nitrogens with zero attached hydrogens (tertiary/aromatic N) is 4. The third-order valence-electron chi connectivity index (χ3n) is 5.18. The highest BCUT2D eigenvalue weighted by Gasteiger charge is 2.16. The number of hydrogen-bond acceptors (Lipinski definition) is 5. The molecule has 2 N–H and O–H groups in total. The van der Waals surface area contributed by atoms with Gasteiger partial charge in [0, 0.05) is 85.4 Å². The van der Waals surface area contributed by atoms with Gasteiger partial charge in [-0.2, -0.15) is 0 Å². The first kappa shape index (κ1) is 23.4. The van der Waals surface area contributed by atoms with Crippen molar-refractivity contribution in [2.75, 3.05) is 91.6 Å². The molecule has 0 bridgehead atoms. The maximum atomic E-state index is 13.1. The van der Waals surface area contributed by atoms with Crippen LogP contribution in [0.1, 0.15) is 6.42 Å². The topological polar surface area (TPSA) is 55.4 Å². The number of benzene rings is 1. The number of methoxy groups -OCH3 is 1. The normalized spacial score (nSPS) is 15.8. The van der Waals surface area contributed by atoms with Crippen molar-refractivity contribution in [3.8, 4) is 0 Å². The molecule has 1 fully saturated rings. The monoisotopic (exact) mass is 408 g/mol. The Morgan fingerprint density at radius 1 is 1.10 bits per heavy atom. The highest BCUT2D eigenvalue weighted by molar-refractivity contribution is 5.79. The second-order valence-corrected chi connectivity index (χ2v) is 7.38. The van der Waals surface area contributed by atoms with Gasteiger partial charge in [-0.25, -0.2) is 4.39 Å². The van der Waals surface area contributed by atoms with E-state index < -0.39 is 0 Å². The van der Waals surface area contributed by atoms with Crippen molar-refractivity contribution < 1.29 is 9.13 Å². The zero-order chi connectivity index (χ0) is 20.9. The van der Waals surface area contributed by atoms with Crippen molar-refractivity contribution in [2.24, 2.45) is 4.99 Å². The van der Waals surface area contributed by atoms with Crippen LogP contribution in [0.3, 0.4) is 0 Å². The quantitative estimate of drug-likeness (QED) is 0.325. The molecule has 0 saturated carbocycles. The van der Waals surface area contributed by atoms with Crippen LogP contribution in [0.4, 0.5) is 10.1 Å². The summed E-state index contributed by atoms with van der Waals surface area (Å²) in [7, 11) is 5.67. The van der Waals surface area contributed by atoms with Gasteiger partial charge in [-0.05, 0) is 37.7 Å². The lowest BCUT2D eigenvalue weighted by molar-refractivity contribution is 0.180. The van der Waals surface area contributed by atoms with E-state index >= 15 is 0 Å². The third kappa shape index (κ3) is 8.97. The molecule has 0 amide bonds. The van der Waals surface area contributed by atoms with Gasteiger partial charge in [-0.1, -0.05) is 0 Å². The van der Waals surface area contributed by atoms with E-state index in [9.17, 15) is 4.39 Å². The van der Waals surface area contributed by atoms with E-state index in [4.69, 9.17) is 4.74 Å². The van der Waals surface area contributed by atoms with Crippen molar-refractivity contribution in [2.45, 2.75) is 6.42 Å². The van der Waals surface area contributed by atoms with Crippen molar-refractivity contribution >= 4 is 11.6 Å². The van der Waals surface area contributed by atoms with Crippen molar-refractivity contribution in [3.63, 3.8) is 0 Å². The number of rotatable bonds is 11. The molecule has 1 aliphatic rings. The number of anilines is 1. The first-order chi connectivity index (χ1) is 14.1. The van der Waals surface area contributed by atoms with E-state index in [0.29, 0.717) is 0 Å². The highest BCUT2D eigenvalue weighted by Crippen LogP contribution is 2.16. The number of likely N-dealkylation sites (N-methyl/N-ethyl adjacent to an activating group) is 1. The summed E-state index contributed by atoms with van der Waals surface area (Å²) in [6, 6.07) is 6.78. The van der Waals surface area contributed by atoms with Crippen LogP contribution >= 0.6 is 0 Å². The van der Waals surface area contributed by atoms with E-state index in [2.05, 4.69) is 37.4 Å². The lowest BCUT2D eigenvalue weighted by Crippen LogP contribution is -2.49. The van der Waals surface area contributed by atoms with Crippen LogP contribution in [0.2, 0.25) is 0 Å². The molecule has 0 aromatic heterocycles. The summed E-state index contributed by atoms with van der Waals surface area (Å²) in [6.45, 7) is 9.46. The molecular weight excluding hydrogens is 371 g/mol. The summed E-state index contributed by atoms with van der Waals surface area (Å²) in [5, 5.41) is 6.77. The van der Waals surface area contributed by atoms with E-state index in [0.717, 1.165) is 83.6 Å². The van der Waals surface area contributed by atoms with Crippen molar-refractivity contribution in [3.05, 3.63) is 30.1 Å². The Morgan fingerprint density at radius 2 is 1.79 bits per heavy atom. The minimum atomic E-state index is -0.182. The van der Waals surface area contributed by atoms with Gasteiger partial charge >= 0.3 is 0 Å². The molecule has 8 heteroatoms. The third-order valence-corrected chi connectivity index (χ3v) is 5.18. The SMILES string of the molecule is CN=C(NCCN(C)CCCOC)NCCN1CCN(c2ccc(F)cc2)CC1. The molecule has 29 heavy (non-hydrogen) atoms. The van der Waals surface area contributed by atoms with Crippen molar-refractivity contribution in [1.29, 1.82) is 0 Å². The molecule has 0 atom stereocenters. The van der Waals surface area contributed by atoms with Crippen LogP contribution in [-0.2, 0) is 4.74 Å². The number of hydrogen-bond donors (Lipinski definition) is 2. The van der Waals surface area contributed by atoms with Gasteiger partial charge in [0.25, 0.3) is 0 Å². The fourth-order valence-electron chi connectivity index (χ4n) is 3.39. The Kier molecular flexibility index (Phi) is 10.8. The standard InChI is InChI=1S/C21H37FN6O/c1-23-21(24-9-12-26(2)11-4-18-29-3)25-10-13-27-14-16-28(17-15-27)20-7-5-19(22)6-8-20/h5-8H,4,9-18H2,1-3H3,(H2,23,24,25). The van der Waals surface area contributed by atoms with Crippen LogP contribution in [-0.4, -0.2) is 102 Å². The van der Waals surface area contributed by atoms with Gasteiger partial charge < -0.3 is 25.2 Å². The predicted octanol–water partition coefficient (Wildman–Crippen LogP) is 1.08. The van der Waals surface area contributed by atoms with Gasteiger partial charge in [0.1, 0.15) is 5.82 Å². The maximum absolute atomic E-state index is 13.1. The first-order valence-corrected chi connectivity index (χ1v) is 10.5. The summed E-state index contributed by atoms with van der Waals surface area (Å²) in [6.07, 6.45) is 1.05. The minimum absolute atomic E-state index is 0.182. The fourth-order valence-corrected chi connectivity index (χ4v) is 3.39. The smallest absolute Gasteiger partial charge is 0.191 e. The molecule has 2 rings (SSSR count). The van der Waals surface area contributed by atoms with Gasteiger partial charge in [-0.3, -0.25) is 9.89 Å². The van der Waals surface area contributed by atoms with Crippen molar-refractivity contribution in [1.82, 2.24) is 20.4 Å². The molecule has 0 radical (unpaired) electrons. The molecule has 1 aliphatic heterocycles. The number of aliphatic imine (C=N–C) groups is 1. The van der Waals surface area contributed by atoms with E-state index in [1.165, 1.54) is 12.1 Å². The first-order valence-electron chi connectivity index (χ1n) is 10.5. The molecule has 164 valence electrons. The van der Waals surface area contributed by atoms with Crippen LogP contribution in [0.25, 0.3) is 0 Å². The van der Waals surface area contributed by atoms with Gasteiger partial charge in [0.15, 0.2) is 5.96 Å². The summed E-state index contributed by atoms with van der Waals surface area (Å²) in [4.78, 5) is 11.4. The number of nitrogens with one attached hydrogen (secondary N) is 2. The summed E-state index contributed by atoms with van der Waals surface area (Å²) < 4.78 is 18.2. The molecule has 0 spiro atoms. The van der Waals surface area contributed by atoms with E-state index in [-0.39, 0.29) is 5.82 Å². The Morgan fingerprint density at radius 3 is 2.45 bits per heavy atom. The minimum Gasteiger partial charge on any atom is -0.385 e. The van der Waals surface area contributed by atoms with Gasteiger partial charge in [0.2, 0.25) is 0 Å². The zero-order valence-corrected chi connectivity index (χ0v) is 18.2. The summed E-state index contributed by atoms with van der Waals surface area (Å²) in [5.41, 5.74) is 1.10. The summed E-state index contributed by atoms with van der Waals surface area (Å²) >= 11 is 0. The molecule has 1 saturated heterocycles. The molecule has 1 heterocycles. The van der Waals surface area contributed by atoms with Crippen LogP contribution in [0, 0.1) is 5.82 Å². The average Bonchev–Trinajstić information content (AvgIpc) is 2.74. The molecule has 1 aromatic rings. The van der Waals surface area contributed by atoms with E-state index in [1.54, 1.807) is 14.2 Å². The molecule has 1 aromatic carbocycles. The predicted molar refractivity (Wildman–Crippen MR) is 118 cm³/mol. The number of ether oxygens (including phenoxy) is 1. The lowest BCUT2D eigenvalue weighted by Gasteiger charge is -2.36. The molecule has 0 unspecified atom stereocenters. The Bertz CT molecular complexity index is 589. The van der Waals surface area contributed by atoms with Crippen LogP contribution in [0.5, 0.6) is 0 Å². The van der Waals surface area contributed by atoms with Gasteiger partial charge in [-0.15, -0.1) is 0 Å². The maximum Gasteiger partial charge on any atom is 0.191 e. The number of halogens is 1. The number of guanidine groups is 1. The average molecular weight is 409 g/mol. The Balaban J connectivity index is 1.57. The number of piperazine rings is 1. The lowest BCUT2D eigenvalue weighted by atomic mass is 10.2. The van der Waals surface area contributed by atoms with E-state index in [1.807, 2.05) is 12.1 Å². The Labute approximate surface area is 174 Å². The zero-order valence-electron chi connectivity index (χ0n) is 18.2.